The number of carbonyl (C=O) groups excluding carboxylic acids is 1. The second-order valence-electron chi connectivity index (χ2n) is 3.34. The van der Waals surface area contributed by atoms with Crippen LogP contribution in [0.1, 0.15) is 17.3 Å². The van der Waals surface area contributed by atoms with Gasteiger partial charge in [0, 0.05) is 11.3 Å². The van der Waals surface area contributed by atoms with E-state index in [-0.39, 0.29) is 5.56 Å². The van der Waals surface area contributed by atoms with Crippen LogP contribution in [0.5, 0.6) is 17.2 Å². The molecule has 1 rings (SSSR count). The molecule has 0 aliphatic carbocycles. The van der Waals surface area contributed by atoms with E-state index >= 15 is 0 Å². The van der Waals surface area contributed by atoms with Crippen LogP contribution in [0.3, 0.4) is 0 Å². The van der Waals surface area contributed by atoms with Gasteiger partial charge in [0.25, 0.3) is 5.91 Å². The molecule has 0 radical (unpaired) electrons. The Morgan fingerprint density at radius 2 is 1.82 bits per heavy atom. The summed E-state index contributed by atoms with van der Waals surface area (Å²) in [6, 6.07) is 2.10. The monoisotopic (exact) mass is 235 g/mol. The summed E-state index contributed by atoms with van der Waals surface area (Å²) in [7, 11) is 0. The third-order valence-electron chi connectivity index (χ3n) is 1.97. The molecule has 5 heteroatoms. The van der Waals surface area contributed by atoms with Crippen LogP contribution in [0.2, 0.25) is 0 Å². The fraction of sp³-hybridized carbons (Fsp3) is 0.0833. The molecule has 1 amide bonds. The molecule has 0 bridgehead atoms. The highest BCUT2D eigenvalue weighted by molar-refractivity contribution is 5.96. The highest BCUT2D eigenvalue weighted by Gasteiger charge is 2.13. The van der Waals surface area contributed by atoms with Crippen LogP contribution in [-0.4, -0.2) is 21.2 Å². The summed E-state index contributed by atoms with van der Waals surface area (Å²) in [6.45, 7) is 5.35. The molecule has 4 N–H and O–H groups in total. The zero-order valence-corrected chi connectivity index (χ0v) is 9.27. The third kappa shape index (κ3) is 3.01. The van der Waals surface area contributed by atoms with Crippen LogP contribution in [-0.2, 0) is 0 Å². The van der Waals surface area contributed by atoms with E-state index in [9.17, 15) is 15.0 Å². The molecule has 0 heterocycles. The van der Waals surface area contributed by atoms with Crippen molar-refractivity contribution in [2.45, 2.75) is 6.92 Å². The number of aromatic hydroxyl groups is 3. The number of hydrogen-bond donors (Lipinski definition) is 4. The number of hydrogen-bond acceptors (Lipinski definition) is 4. The summed E-state index contributed by atoms with van der Waals surface area (Å²) in [5.74, 6) is -2.33. The van der Waals surface area contributed by atoms with E-state index < -0.39 is 23.2 Å². The Hall–Kier alpha value is -2.43. The first-order valence-corrected chi connectivity index (χ1v) is 4.83. The quantitative estimate of drug-likeness (QED) is 0.473. The van der Waals surface area contributed by atoms with Crippen LogP contribution < -0.4 is 5.32 Å². The van der Waals surface area contributed by atoms with Gasteiger partial charge < -0.3 is 20.6 Å². The maximum absolute atomic E-state index is 11.6. The van der Waals surface area contributed by atoms with E-state index in [4.69, 9.17) is 5.11 Å². The molecule has 0 aliphatic rings. The molecule has 0 spiro atoms. The first-order chi connectivity index (χ1) is 7.95. The van der Waals surface area contributed by atoms with Crippen molar-refractivity contribution in [3.63, 3.8) is 0 Å². The number of allylic oxidation sites excluding steroid dienone is 2. The van der Waals surface area contributed by atoms with Crippen molar-refractivity contribution >= 4 is 5.91 Å². The lowest BCUT2D eigenvalue weighted by molar-refractivity contribution is 0.0966. The lowest BCUT2D eigenvalue weighted by Crippen LogP contribution is -2.21. The van der Waals surface area contributed by atoms with E-state index in [0.29, 0.717) is 5.70 Å². The molecule has 0 atom stereocenters. The number of nitrogens with one attached hydrogen (secondary N) is 1. The number of amides is 1. The first-order valence-electron chi connectivity index (χ1n) is 4.83. The van der Waals surface area contributed by atoms with Gasteiger partial charge >= 0.3 is 0 Å². The highest BCUT2D eigenvalue weighted by Crippen LogP contribution is 2.35. The minimum atomic E-state index is -0.658. The van der Waals surface area contributed by atoms with Crippen molar-refractivity contribution in [3.05, 3.63) is 42.1 Å². The van der Waals surface area contributed by atoms with Crippen LogP contribution in [0.15, 0.2) is 36.6 Å². The minimum Gasteiger partial charge on any atom is -0.504 e. The topological polar surface area (TPSA) is 89.8 Å². The molecule has 0 saturated heterocycles. The number of carbonyl (C=O) groups is 1. The average molecular weight is 235 g/mol. The number of rotatable bonds is 3. The molecule has 1 aromatic rings. The van der Waals surface area contributed by atoms with Crippen molar-refractivity contribution in [2.75, 3.05) is 0 Å². The van der Waals surface area contributed by atoms with Crippen molar-refractivity contribution in [3.8, 4) is 17.2 Å². The highest BCUT2D eigenvalue weighted by atomic mass is 16.3. The molecule has 0 fully saturated rings. The molecular weight excluding hydrogens is 222 g/mol. The lowest BCUT2D eigenvalue weighted by Gasteiger charge is -2.07. The average Bonchev–Trinajstić information content (AvgIpc) is 2.25. The van der Waals surface area contributed by atoms with Gasteiger partial charge in [-0.2, -0.15) is 0 Å². The molecule has 5 nitrogen and oxygen atoms in total. The molecule has 17 heavy (non-hydrogen) atoms. The van der Waals surface area contributed by atoms with Gasteiger partial charge in [-0.1, -0.05) is 12.7 Å². The normalized spacial score (nSPS) is 10.4. The van der Waals surface area contributed by atoms with Gasteiger partial charge in [-0.25, -0.2) is 0 Å². The maximum Gasteiger partial charge on any atom is 0.255 e. The second-order valence-corrected chi connectivity index (χ2v) is 3.34. The fourth-order valence-corrected chi connectivity index (χ4v) is 1.20. The van der Waals surface area contributed by atoms with E-state index in [1.807, 2.05) is 0 Å². The van der Waals surface area contributed by atoms with Crippen molar-refractivity contribution < 1.29 is 20.1 Å². The molecule has 0 aromatic heterocycles. The second kappa shape index (κ2) is 5.07. The van der Waals surface area contributed by atoms with E-state index in [1.165, 1.54) is 0 Å². The SMILES string of the molecule is C=C(C=CC)NC(=O)c1cc(O)c(O)c(O)c1. The number of phenols is 3. The summed E-state index contributed by atoms with van der Waals surface area (Å²) >= 11 is 0. The predicted molar refractivity (Wildman–Crippen MR) is 62.9 cm³/mol. The number of phenolic OH excluding ortho intramolecular Hbond substituents is 3. The number of benzene rings is 1. The fourth-order valence-electron chi connectivity index (χ4n) is 1.20. The van der Waals surface area contributed by atoms with Gasteiger partial charge in [-0.3, -0.25) is 4.79 Å². The maximum atomic E-state index is 11.6. The van der Waals surface area contributed by atoms with Gasteiger partial charge in [-0.05, 0) is 25.1 Å². The zero-order valence-electron chi connectivity index (χ0n) is 9.27. The summed E-state index contributed by atoms with van der Waals surface area (Å²) in [5, 5.41) is 30.0. The third-order valence-corrected chi connectivity index (χ3v) is 1.97. The Labute approximate surface area is 98.3 Å². The predicted octanol–water partition coefficient (Wildman–Crippen LogP) is 1.62. The Morgan fingerprint density at radius 1 is 1.29 bits per heavy atom. The Morgan fingerprint density at radius 3 is 2.29 bits per heavy atom. The van der Waals surface area contributed by atoms with Crippen molar-refractivity contribution in [2.24, 2.45) is 0 Å². The Balaban J connectivity index is 2.94. The summed E-state index contributed by atoms with van der Waals surface area (Å²) in [4.78, 5) is 11.6. The van der Waals surface area contributed by atoms with Gasteiger partial charge in [0.05, 0.1) is 0 Å². The molecule has 0 aliphatic heterocycles. The molecule has 90 valence electrons. The van der Waals surface area contributed by atoms with Crippen LogP contribution in [0.25, 0.3) is 0 Å². The smallest absolute Gasteiger partial charge is 0.255 e. The van der Waals surface area contributed by atoms with Gasteiger partial charge in [-0.15, -0.1) is 0 Å². The summed E-state index contributed by atoms with van der Waals surface area (Å²) in [5.41, 5.74) is 0.396. The Bertz CT molecular complexity index is 468. The van der Waals surface area contributed by atoms with E-state index in [1.54, 1.807) is 19.1 Å². The van der Waals surface area contributed by atoms with Gasteiger partial charge in [0.2, 0.25) is 0 Å². The molecule has 1 aromatic carbocycles. The zero-order chi connectivity index (χ0) is 13.0. The van der Waals surface area contributed by atoms with Crippen molar-refractivity contribution in [1.29, 1.82) is 0 Å². The molecular formula is C12H13NO4. The van der Waals surface area contributed by atoms with E-state index in [2.05, 4.69) is 11.9 Å². The summed E-state index contributed by atoms with van der Waals surface area (Å²) < 4.78 is 0. The van der Waals surface area contributed by atoms with Gasteiger partial charge in [0.1, 0.15) is 0 Å². The standard InChI is InChI=1S/C12H13NO4/c1-3-4-7(2)13-12(17)8-5-9(14)11(16)10(15)6-8/h3-6,14-16H,2H2,1H3,(H,13,17). The van der Waals surface area contributed by atoms with Gasteiger partial charge in [0.15, 0.2) is 17.2 Å². The molecule has 0 saturated carbocycles. The lowest BCUT2D eigenvalue weighted by atomic mass is 10.1. The molecule has 0 unspecified atom stereocenters. The van der Waals surface area contributed by atoms with Crippen LogP contribution >= 0.6 is 0 Å². The van der Waals surface area contributed by atoms with Crippen molar-refractivity contribution in [1.82, 2.24) is 5.32 Å². The Kier molecular flexibility index (Phi) is 3.77. The minimum absolute atomic E-state index is 0.0171. The largest absolute Gasteiger partial charge is 0.504 e. The van der Waals surface area contributed by atoms with Crippen LogP contribution in [0.4, 0.5) is 0 Å². The van der Waals surface area contributed by atoms with E-state index in [0.717, 1.165) is 12.1 Å². The van der Waals surface area contributed by atoms with Crippen LogP contribution in [0, 0.1) is 0 Å². The first kappa shape index (κ1) is 12.6. The summed E-state index contributed by atoms with van der Waals surface area (Å²) in [6.07, 6.45) is 3.30.